The zero-order valence-electron chi connectivity index (χ0n) is 20.6. The molecule has 1 fully saturated rings. The predicted molar refractivity (Wildman–Crippen MR) is 138 cm³/mol. The minimum atomic E-state index is -0.898. The van der Waals surface area contributed by atoms with Gasteiger partial charge in [-0.05, 0) is 55.5 Å². The summed E-state index contributed by atoms with van der Waals surface area (Å²) in [5.41, 5.74) is 2.88. The van der Waals surface area contributed by atoms with Crippen LogP contribution in [0.1, 0.15) is 36.8 Å². The molecule has 0 spiro atoms. The van der Waals surface area contributed by atoms with E-state index in [9.17, 15) is 28.7 Å². The van der Waals surface area contributed by atoms with E-state index < -0.39 is 35.2 Å². The van der Waals surface area contributed by atoms with Crippen molar-refractivity contribution in [3.8, 4) is 5.75 Å². The number of para-hydroxylation sites is 1. The largest absolute Gasteiger partial charge is 0.505 e. The number of nitrogens with zero attached hydrogens (tertiary/aromatic N) is 1. The topological polar surface area (TPSA) is 91.8 Å². The SMILES string of the molecule is C=Cc1ccc(N2C(=O)C3CC=C4C(c5cccc(F)c5O)C5=C(CC4C3C2=O)C(=O)C(C)=CC5=O)cc1. The summed E-state index contributed by atoms with van der Waals surface area (Å²) in [5.74, 6) is -5.63. The van der Waals surface area contributed by atoms with Crippen molar-refractivity contribution in [2.75, 3.05) is 4.90 Å². The molecule has 6 rings (SSSR count). The van der Waals surface area contributed by atoms with Gasteiger partial charge in [0.05, 0.1) is 17.5 Å². The molecule has 7 heteroatoms. The van der Waals surface area contributed by atoms with Crippen molar-refractivity contribution in [3.63, 3.8) is 0 Å². The zero-order valence-corrected chi connectivity index (χ0v) is 20.6. The second kappa shape index (κ2) is 8.58. The number of phenols is 1. The standard InChI is InChI=1S/C31H24FNO5/c1-3-16-7-9-17(10-8-16)33-30(37)20-12-11-18-21(26(20)31(33)38)14-22-27(24(34)13-15(2)28(22)35)25(18)19-5-4-6-23(32)29(19)36/h3-11,13,20-21,25-26,36H,1,12,14H2,2H3. The van der Waals surface area contributed by atoms with E-state index in [1.54, 1.807) is 37.3 Å². The Bertz CT molecular complexity index is 1560. The molecule has 4 atom stereocenters. The lowest BCUT2D eigenvalue weighted by Crippen LogP contribution is -2.39. The lowest BCUT2D eigenvalue weighted by atomic mass is 9.59. The van der Waals surface area contributed by atoms with Crippen molar-refractivity contribution >= 4 is 35.1 Å². The Morgan fingerprint density at radius 1 is 1.03 bits per heavy atom. The Morgan fingerprint density at radius 2 is 1.76 bits per heavy atom. The molecule has 3 aliphatic carbocycles. The van der Waals surface area contributed by atoms with Crippen LogP contribution in [0.15, 0.2) is 83.5 Å². The van der Waals surface area contributed by atoms with E-state index in [-0.39, 0.29) is 58.5 Å². The molecule has 190 valence electrons. The molecule has 0 bridgehead atoms. The lowest BCUT2D eigenvalue weighted by Gasteiger charge is -2.42. The molecule has 2 amide bonds. The van der Waals surface area contributed by atoms with Gasteiger partial charge in [-0.15, -0.1) is 0 Å². The highest BCUT2D eigenvalue weighted by atomic mass is 19.1. The maximum Gasteiger partial charge on any atom is 0.238 e. The molecule has 2 aromatic rings. The number of ketones is 2. The van der Waals surface area contributed by atoms with Gasteiger partial charge in [-0.3, -0.25) is 24.1 Å². The minimum Gasteiger partial charge on any atom is -0.505 e. The van der Waals surface area contributed by atoms with Gasteiger partial charge in [0.25, 0.3) is 0 Å². The molecule has 38 heavy (non-hydrogen) atoms. The fraction of sp³-hybridized carbons (Fsp3) is 0.226. The predicted octanol–water partition coefficient (Wildman–Crippen LogP) is 4.81. The molecular formula is C31H24FNO5. The summed E-state index contributed by atoms with van der Waals surface area (Å²) >= 11 is 0. The monoisotopic (exact) mass is 509 g/mol. The quantitative estimate of drug-likeness (QED) is 0.364. The molecule has 4 unspecified atom stereocenters. The van der Waals surface area contributed by atoms with Crippen LogP contribution in [0.3, 0.4) is 0 Å². The number of carbonyl (C=O) groups is 4. The number of Topliss-reactive ketones (excluding diaryl/α,β-unsaturated/α-hetero) is 1. The Labute approximate surface area is 218 Å². The van der Waals surface area contributed by atoms with Crippen LogP contribution in [-0.4, -0.2) is 28.5 Å². The average molecular weight is 510 g/mol. The fourth-order valence-corrected chi connectivity index (χ4v) is 6.52. The molecular weight excluding hydrogens is 485 g/mol. The number of anilines is 1. The van der Waals surface area contributed by atoms with E-state index >= 15 is 0 Å². The smallest absolute Gasteiger partial charge is 0.238 e. The third-order valence-corrected chi connectivity index (χ3v) is 8.28. The van der Waals surface area contributed by atoms with Crippen molar-refractivity contribution in [1.82, 2.24) is 0 Å². The molecule has 0 saturated carbocycles. The van der Waals surface area contributed by atoms with Gasteiger partial charge in [-0.25, -0.2) is 4.39 Å². The summed E-state index contributed by atoms with van der Waals surface area (Å²) in [5, 5.41) is 10.7. The van der Waals surface area contributed by atoms with Crippen LogP contribution in [0, 0.1) is 23.6 Å². The third-order valence-electron chi connectivity index (χ3n) is 8.28. The third kappa shape index (κ3) is 3.31. The fourth-order valence-electron chi connectivity index (χ4n) is 6.52. The van der Waals surface area contributed by atoms with Gasteiger partial charge in [0, 0.05) is 28.2 Å². The highest BCUT2D eigenvalue weighted by molar-refractivity contribution is 6.25. The van der Waals surface area contributed by atoms with Gasteiger partial charge in [-0.2, -0.15) is 0 Å². The lowest BCUT2D eigenvalue weighted by molar-refractivity contribution is -0.123. The normalized spacial score (nSPS) is 26.5. The van der Waals surface area contributed by atoms with Crippen molar-refractivity contribution in [2.24, 2.45) is 17.8 Å². The average Bonchev–Trinajstić information content (AvgIpc) is 3.17. The Kier molecular flexibility index (Phi) is 5.42. The molecule has 1 N–H and O–H groups in total. The summed E-state index contributed by atoms with van der Waals surface area (Å²) in [6, 6.07) is 11.0. The minimum absolute atomic E-state index is 0.118. The second-order valence-electron chi connectivity index (χ2n) is 10.2. The van der Waals surface area contributed by atoms with Gasteiger partial charge in [0.2, 0.25) is 11.8 Å². The number of hydrogen-bond acceptors (Lipinski definition) is 5. The highest BCUT2D eigenvalue weighted by Crippen LogP contribution is 2.56. The number of phenolic OH excluding ortho intramolecular Hbond substituents is 1. The van der Waals surface area contributed by atoms with Crippen molar-refractivity contribution in [3.05, 3.63) is 100 Å². The molecule has 1 saturated heterocycles. The van der Waals surface area contributed by atoms with Crippen LogP contribution in [0.5, 0.6) is 5.75 Å². The van der Waals surface area contributed by atoms with E-state index in [4.69, 9.17) is 0 Å². The molecule has 1 aliphatic heterocycles. The van der Waals surface area contributed by atoms with Crippen LogP contribution in [-0.2, 0) is 19.2 Å². The number of rotatable bonds is 3. The number of allylic oxidation sites excluding steroid dienone is 6. The van der Waals surface area contributed by atoms with Crippen molar-refractivity contribution < 1.29 is 28.7 Å². The number of fused-ring (bicyclic) bond motifs is 3. The number of aromatic hydroxyl groups is 1. The first-order chi connectivity index (χ1) is 18.2. The van der Waals surface area contributed by atoms with Crippen LogP contribution in [0.25, 0.3) is 6.08 Å². The molecule has 4 aliphatic rings. The van der Waals surface area contributed by atoms with Gasteiger partial charge in [0.1, 0.15) is 0 Å². The van der Waals surface area contributed by atoms with Crippen LogP contribution in [0.2, 0.25) is 0 Å². The number of halogens is 1. The Balaban J connectivity index is 1.49. The van der Waals surface area contributed by atoms with Crippen LogP contribution in [0.4, 0.5) is 10.1 Å². The first kappa shape index (κ1) is 24.0. The number of imide groups is 1. The van der Waals surface area contributed by atoms with Gasteiger partial charge in [-0.1, -0.05) is 48.6 Å². The number of carbonyl (C=O) groups excluding carboxylic acids is 4. The summed E-state index contributed by atoms with van der Waals surface area (Å²) in [6.45, 7) is 5.29. The summed E-state index contributed by atoms with van der Waals surface area (Å²) in [4.78, 5) is 55.1. The highest BCUT2D eigenvalue weighted by Gasteiger charge is 2.56. The second-order valence-corrected chi connectivity index (χ2v) is 10.2. The molecule has 6 nitrogen and oxygen atoms in total. The zero-order chi connectivity index (χ0) is 26.9. The van der Waals surface area contributed by atoms with E-state index in [0.717, 1.165) is 11.6 Å². The van der Waals surface area contributed by atoms with Gasteiger partial charge in [0.15, 0.2) is 23.1 Å². The molecule has 0 aromatic heterocycles. The van der Waals surface area contributed by atoms with Gasteiger partial charge >= 0.3 is 0 Å². The van der Waals surface area contributed by atoms with Crippen LogP contribution < -0.4 is 4.90 Å². The number of hydrogen-bond donors (Lipinski definition) is 1. The summed E-state index contributed by atoms with van der Waals surface area (Å²) in [7, 11) is 0. The van der Waals surface area contributed by atoms with Crippen molar-refractivity contribution in [2.45, 2.75) is 25.7 Å². The van der Waals surface area contributed by atoms with E-state index in [0.29, 0.717) is 11.3 Å². The molecule has 1 heterocycles. The van der Waals surface area contributed by atoms with E-state index in [1.807, 2.05) is 6.08 Å². The maximum absolute atomic E-state index is 14.5. The molecule has 0 radical (unpaired) electrons. The Morgan fingerprint density at radius 3 is 2.47 bits per heavy atom. The van der Waals surface area contributed by atoms with E-state index in [1.165, 1.54) is 23.1 Å². The van der Waals surface area contributed by atoms with E-state index in [2.05, 4.69) is 6.58 Å². The first-order valence-corrected chi connectivity index (χ1v) is 12.5. The van der Waals surface area contributed by atoms with Crippen LogP contribution >= 0.6 is 0 Å². The Hall–Kier alpha value is -4.39. The number of benzene rings is 2. The number of amides is 2. The van der Waals surface area contributed by atoms with Gasteiger partial charge < -0.3 is 5.11 Å². The maximum atomic E-state index is 14.5. The first-order valence-electron chi connectivity index (χ1n) is 12.5. The summed E-state index contributed by atoms with van der Waals surface area (Å²) < 4.78 is 14.5. The molecule has 2 aromatic carbocycles. The summed E-state index contributed by atoms with van der Waals surface area (Å²) in [6.07, 6.45) is 5.15. The van der Waals surface area contributed by atoms with Crippen molar-refractivity contribution in [1.29, 1.82) is 0 Å².